The number of esters is 1. The molecule has 1 rings (SSSR count). The molecule has 1 aromatic rings. The molecule has 0 fully saturated rings. The Morgan fingerprint density at radius 2 is 1.75 bits per heavy atom. The van der Waals surface area contributed by atoms with Gasteiger partial charge in [0.2, 0.25) is 5.91 Å². The van der Waals surface area contributed by atoms with Crippen molar-refractivity contribution in [2.75, 3.05) is 19.8 Å². The smallest absolute Gasteiger partial charge is 0.309 e. The van der Waals surface area contributed by atoms with Crippen LogP contribution in [0.3, 0.4) is 0 Å². The summed E-state index contributed by atoms with van der Waals surface area (Å²) in [6, 6.07) is 7.45. The predicted octanol–water partition coefficient (Wildman–Crippen LogP) is 0.948. The Kier molecular flexibility index (Phi) is 8.32. The van der Waals surface area contributed by atoms with E-state index in [1.165, 1.54) is 0 Å². The third-order valence-corrected chi connectivity index (χ3v) is 2.86. The largest absolute Gasteiger partial charge is 0.493 e. The van der Waals surface area contributed by atoms with E-state index in [1.807, 2.05) is 45.0 Å². The standard InChI is InChI=1S/C17H24N2O5/c1-12(2)19-15(20)10-18-16(21)11-24-17(22)8-9-23-14-6-4-13(3)5-7-14/h4-7,12H,8-11H2,1-3H3,(H,18,21)(H,19,20). The van der Waals surface area contributed by atoms with E-state index >= 15 is 0 Å². The summed E-state index contributed by atoms with van der Waals surface area (Å²) in [6.07, 6.45) is 0.0367. The fourth-order valence-corrected chi connectivity index (χ4v) is 1.71. The van der Waals surface area contributed by atoms with Crippen LogP contribution in [-0.2, 0) is 19.1 Å². The number of carbonyl (C=O) groups excluding carboxylic acids is 3. The van der Waals surface area contributed by atoms with Gasteiger partial charge in [0, 0.05) is 6.04 Å². The van der Waals surface area contributed by atoms with Gasteiger partial charge in [0.05, 0.1) is 19.6 Å². The molecule has 0 aliphatic carbocycles. The summed E-state index contributed by atoms with van der Waals surface area (Å²) >= 11 is 0. The van der Waals surface area contributed by atoms with Gasteiger partial charge in [-0.1, -0.05) is 17.7 Å². The molecule has 2 N–H and O–H groups in total. The lowest BCUT2D eigenvalue weighted by Gasteiger charge is -2.10. The molecule has 7 heteroatoms. The minimum Gasteiger partial charge on any atom is -0.493 e. The van der Waals surface area contributed by atoms with Gasteiger partial charge < -0.3 is 20.1 Å². The number of amides is 2. The van der Waals surface area contributed by atoms with Crippen molar-refractivity contribution in [3.8, 4) is 5.75 Å². The number of hydrogen-bond donors (Lipinski definition) is 2. The first-order valence-electron chi connectivity index (χ1n) is 7.78. The normalized spacial score (nSPS) is 10.2. The molecule has 0 radical (unpaired) electrons. The maximum Gasteiger partial charge on any atom is 0.309 e. The van der Waals surface area contributed by atoms with Crippen LogP contribution in [0.1, 0.15) is 25.8 Å². The average molecular weight is 336 g/mol. The molecular weight excluding hydrogens is 312 g/mol. The average Bonchev–Trinajstić information content (AvgIpc) is 2.52. The van der Waals surface area contributed by atoms with Crippen molar-refractivity contribution in [2.45, 2.75) is 33.2 Å². The Morgan fingerprint density at radius 1 is 1.08 bits per heavy atom. The van der Waals surface area contributed by atoms with Crippen LogP contribution in [-0.4, -0.2) is 43.6 Å². The lowest BCUT2D eigenvalue weighted by atomic mass is 10.2. The van der Waals surface area contributed by atoms with Crippen molar-refractivity contribution in [2.24, 2.45) is 0 Å². The van der Waals surface area contributed by atoms with Gasteiger partial charge in [-0.15, -0.1) is 0 Å². The number of rotatable bonds is 9. The lowest BCUT2D eigenvalue weighted by molar-refractivity contribution is -0.149. The highest BCUT2D eigenvalue weighted by atomic mass is 16.5. The van der Waals surface area contributed by atoms with Gasteiger partial charge >= 0.3 is 5.97 Å². The zero-order chi connectivity index (χ0) is 17.9. The summed E-state index contributed by atoms with van der Waals surface area (Å²) in [7, 11) is 0. The second kappa shape index (κ2) is 10.3. The first-order valence-corrected chi connectivity index (χ1v) is 7.78. The molecule has 0 aliphatic rings. The van der Waals surface area contributed by atoms with E-state index in [0.717, 1.165) is 5.56 Å². The minimum atomic E-state index is -0.538. The summed E-state index contributed by atoms with van der Waals surface area (Å²) in [5.41, 5.74) is 1.12. The fourth-order valence-electron chi connectivity index (χ4n) is 1.71. The highest BCUT2D eigenvalue weighted by Gasteiger charge is 2.10. The van der Waals surface area contributed by atoms with E-state index in [-0.39, 0.29) is 31.5 Å². The molecule has 0 saturated heterocycles. The molecule has 0 saturated carbocycles. The zero-order valence-electron chi connectivity index (χ0n) is 14.3. The summed E-state index contributed by atoms with van der Waals surface area (Å²) in [6.45, 7) is 5.21. The molecule has 0 aromatic heterocycles. The Balaban J connectivity index is 2.13. The van der Waals surface area contributed by atoms with Crippen LogP contribution in [0.15, 0.2) is 24.3 Å². The molecule has 2 amide bonds. The SMILES string of the molecule is Cc1ccc(OCCC(=O)OCC(=O)NCC(=O)NC(C)C)cc1. The van der Waals surface area contributed by atoms with Crippen LogP contribution in [0.4, 0.5) is 0 Å². The van der Waals surface area contributed by atoms with Gasteiger partial charge in [0.15, 0.2) is 6.61 Å². The van der Waals surface area contributed by atoms with Gasteiger partial charge in [0.1, 0.15) is 5.75 Å². The number of benzene rings is 1. The van der Waals surface area contributed by atoms with Crippen molar-refractivity contribution >= 4 is 17.8 Å². The summed E-state index contributed by atoms with van der Waals surface area (Å²) in [4.78, 5) is 34.3. The molecule has 24 heavy (non-hydrogen) atoms. The minimum absolute atomic E-state index is 0.000703. The van der Waals surface area contributed by atoms with E-state index < -0.39 is 18.5 Å². The zero-order valence-corrected chi connectivity index (χ0v) is 14.3. The van der Waals surface area contributed by atoms with Gasteiger partial charge in [-0.2, -0.15) is 0 Å². The molecular formula is C17H24N2O5. The van der Waals surface area contributed by atoms with Crippen molar-refractivity contribution in [3.05, 3.63) is 29.8 Å². The third-order valence-electron chi connectivity index (χ3n) is 2.86. The molecule has 0 aliphatic heterocycles. The molecule has 7 nitrogen and oxygen atoms in total. The van der Waals surface area contributed by atoms with Crippen LogP contribution in [0.2, 0.25) is 0 Å². The van der Waals surface area contributed by atoms with E-state index in [0.29, 0.717) is 5.75 Å². The summed E-state index contributed by atoms with van der Waals surface area (Å²) in [5.74, 6) is -0.691. The Morgan fingerprint density at radius 3 is 2.38 bits per heavy atom. The Bertz CT molecular complexity index is 555. The van der Waals surface area contributed by atoms with Crippen molar-refractivity contribution in [1.82, 2.24) is 10.6 Å². The van der Waals surface area contributed by atoms with Crippen LogP contribution in [0, 0.1) is 6.92 Å². The molecule has 0 atom stereocenters. The monoisotopic (exact) mass is 336 g/mol. The van der Waals surface area contributed by atoms with Crippen LogP contribution >= 0.6 is 0 Å². The van der Waals surface area contributed by atoms with Crippen LogP contribution in [0.5, 0.6) is 5.75 Å². The Labute approximate surface area is 141 Å². The second-order valence-electron chi connectivity index (χ2n) is 5.57. The van der Waals surface area contributed by atoms with Gasteiger partial charge in [-0.3, -0.25) is 14.4 Å². The predicted molar refractivity (Wildman–Crippen MR) is 88.5 cm³/mol. The van der Waals surface area contributed by atoms with Crippen LogP contribution in [0.25, 0.3) is 0 Å². The maximum absolute atomic E-state index is 11.5. The highest BCUT2D eigenvalue weighted by molar-refractivity contribution is 5.86. The van der Waals surface area contributed by atoms with Crippen molar-refractivity contribution < 1.29 is 23.9 Å². The first kappa shape index (κ1) is 19.5. The van der Waals surface area contributed by atoms with Crippen LogP contribution < -0.4 is 15.4 Å². The summed E-state index contributed by atoms with van der Waals surface area (Å²) in [5, 5.41) is 5.00. The molecule has 0 bridgehead atoms. The number of aryl methyl sites for hydroxylation is 1. The molecule has 0 heterocycles. The number of nitrogens with one attached hydrogen (secondary N) is 2. The van der Waals surface area contributed by atoms with E-state index in [2.05, 4.69) is 10.6 Å². The maximum atomic E-state index is 11.5. The van der Waals surface area contributed by atoms with E-state index in [9.17, 15) is 14.4 Å². The van der Waals surface area contributed by atoms with E-state index in [4.69, 9.17) is 9.47 Å². The van der Waals surface area contributed by atoms with Gasteiger partial charge in [-0.05, 0) is 32.9 Å². The van der Waals surface area contributed by atoms with E-state index in [1.54, 1.807) is 0 Å². The van der Waals surface area contributed by atoms with Gasteiger partial charge in [-0.25, -0.2) is 0 Å². The number of ether oxygens (including phenoxy) is 2. The van der Waals surface area contributed by atoms with Crippen molar-refractivity contribution in [1.29, 1.82) is 0 Å². The Hall–Kier alpha value is -2.57. The highest BCUT2D eigenvalue weighted by Crippen LogP contribution is 2.11. The van der Waals surface area contributed by atoms with Gasteiger partial charge in [0.25, 0.3) is 5.91 Å². The molecule has 0 unspecified atom stereocenters. The molecule has 0 spiro atoms. The lowest BCUT2D eigenvalue weighted by Crippen LogP contribution is -2.41. The quantitative estimate of drug-likeness (QED) is 0.655. The van der Waals surface area contributed by atoms with Crippen molar-refractivity contribution in [3.63, 3.8) is 0 Å². The number of hydrogen-bond acceptors (Lipinski definition) is 5. The summed E-state index contributed by atoms with van der Waals surface area (Å²) < 4.78 is 10.2. The third kappa shape index (κ3) is 8.77. The number of carbonyl (C=O) groups is 3. The molecule has 132 valence electrons. The topological polar surface area (TPSA) is 93.7 Å². The second-order valence-corrected chi connectivity index (χ2v) is 5.57. The molecule has 1 aromatic carbocycles. The fraction of sp³-hybridized carbons (Fsp3) is 0.471. The first-order chi connectivity index (χ1) is 11.4.